The summed E-state index contributed by atoms with van der Waals surface area (Å²) in [5, 5.41) is 0. The van der Waals surface area contributed by atoms with Crippen LogP contribution in [0.15, 0.2) is 47.4 Å². The molecule has 6 heteroatoms. The maximum Gasteiger partial charge on any atom is 0.258 e. The van der Waals surface area contributed by atoms with Crippen molar-refractivity contribution in [2.75, 3.05) is 19.8 Å². The molecule has 1 N–H and O–H groups in total. The van der Waals surface area contributed by atoms with Gasteiger partial charge < -0.3 is 14.4 Å². The molecule has 1 aromatic carbocycles. The van der Waals surface area contributed by atoms with Gasteiger partial charge in [-0.2, -0.15) is 0 Å². The maximum absolute atomic E-state index is 12.6. The molecule has 0 amide bonds. The molecule has 0 aliphatic carbocycles. The molecule has 1 saturated heterocycles. The fourth-order valence-corrected chi connectivity index (χ4v) is 4.50. The summed E-state index contributed by atoms with van der Waals surface area (Å²) in [6, 6.07) is 12.3. The predicted octanol–water partition coefficient (Wildman–Crippen LogP) is 2.08. The number of hydrogen-bond donors (Lipinski definition) is 1. The molecular formula is C23H26N3O3+. The van der Waals surface area contributed by atoms with Gasteiger partial charge in [-0.15, -0.1) is 0 Å². The Hall–Kier alpha value is -2.86. The molecular weight excluding hydrogens is 366 g/mol. The molecule has 0 spiro atoms. The van der Waals surface area contributed by atoms with Crippen molar-refractivity contribution >= 4 is 5.65 Å². The monoisotopic (exact) mass is 392 g/mol. The lowest BCUT2D eigenvalue weighted by Crippen LogP contribution is -3.09. The summed E-state index contributed by atoms with van der Waals surface area (Å²) >= 11 is 0. The molecule has 6 nitrogen and oxygen atoms in total. The number of nitrogens with one attached hydrogen (secondary N) is 1. The second kappa shape index (κ2) is 7.52. The predicted molar refractivity (Wildman–Crippen MR) is 110 cm³/mol. The lowest BCUT2D eigenvalue weighted by Gasteiger charge is -2.22. The topological polar surface area (TPSA) is 57.3 Å². The quantitative estimate of drug-likeness (QED) is 0.742. The molecule has 0 saturated carbocycles. The molecule has 4 heterocycles. The van der Waals surface area contributed by atoms with E-state index in [1.807, 2.05) is 31.3 Å². The smallest absolute Gasteiger partial charge is 0.258 e. The van der Waals surface area contributed by atoms with Crippen LogP contribution in [0.1, 0.15) is 42.1 Å². The summed E-state index contributed by atoms with van der Waals surface area (Å²) in [6.45, 7) is 5.21. The summed E-state index contributed by atoms with van der Waals surface area (Å²) in [5.41, 5.74) is 3.88. The number of hydrogen-bond acceptors (Lipinski definition) is 4. The Kier molecular flexibility index (Phi) is 4.72. The molecule has 0 bridgehead atoms. The fourth-order valence-electron chi connectivity index (χ4n) is 4.50. The highest BCUT2D eigenvalue weighted by Gasteiger charge is 2.31. The van der Waals surface area contributed by atoms with E-state index >= 15 is 0 Å². The SMILES string of the molecule is Cc1ccc2nc(C[NH+]3CCC[C@@H]3c3ccc4c(c3)OCCCO4)cc(=O)n2c1. The van der Waals surface area contributed by atoms with Crippen molar-refractivity contribution in [3.8, 4) is 11.5 Å². The van der Waals surface area contributed by atoms with E-state index < -0.39 is 0 Å². The second-order valence-electron chi connectivity index (χ2n) is 8.06. The minimum absolute atomic E-state index is 0.0144. The Bertz CT molecular complexity index is 1110. The zero-order chi connectivity index (χ0) is 19.8. The average molecular weight is 392 g/mol. The number of ether oxygens (including phenoxy) is 2. The largest absolute Gasteiger partial charge is 0.490 e. The van der Waals surface area contributed by atoms with E-state index in [9.17, 15) is 4.79 Å². The molecule has 1 unspecified atom stereocenters. The van der Waals surface area contributed by atoms with E-state index in [0.29, 0.717) is 24.9 Å². The highest BCUT2D eigenvalue weighted by atomic mass is 16.5. The molecule has 150 valence electrons. The average Bonchev–Trinajstić information content (AvgIpc) is 3.04. The van der Waals surface area contributed by atoms with Crippen molar-refractivity contribution in [2.24, 2.45) is 0 Å². The van der Waals surface area contributed by atoms with Gasteiger partial charge in [0.2, 0.25) is 0 Å². The molecule has 2 atom stereocenters. The van der Waals surface area contributed by atoms with Crippen LogP contribution in [0.3, 0.4) is 0 Å². The Balaban J connectivity index is 1.42. The van der Waals surface area contributed by atoms with Gasteiger partial charge in [-0.05, 0) is 36.8 Å². The van der Waals surface area contributed by atoms with Gasteiger partial charge in [-0.25, -0.2) is 4.98 Å². The summed E-state index contributed by atoms with van der Waals surface area (Å²) in [4.78, 5) is 18.7. The number of aromatic nitrogens is 2. The number of pyridine rings is 1. The first kappa shape index (κ1) is 18.2. The van der Waals surface area contributed by atoms with E-state index in [1.165, 1.54) is 16.9 Å². The number of benzene rings is 1. The Morgan fingerprint density at radius 1 is 1.10 bits per heavy atom. The lowest BCUT2D eigenvalue weighted by atomic mass is 10.0. The maximum atomic E-state index is 12.6. The van der Waals surface area contributed by atoms with Gasteiger partial charge >= 0.3 is 0 Å². The van der Waals surface area contributed by atoms with E-state index in [2.05, 4.69) is 12.1 Å². The molecule has 1 fully saturated rings. The van der Waals surface area contributed by atoms with Gasteiger partial charge in [0, 0.05) is 37.1 Å². The van der Waals surface area contributed by atoms with Crippen molar-refractivity contribution in [1.29, 1.82) is 0 Å². The van der Waals surface area contributed by atoms with Gasteiger partial charge in [-0.1, -0.05) is 6.07 Å². The number of fused-ring (bicyclic) bond motifs is 2. The van der Waals surface area contributed by atoms with Crippen LogP contribution in [0.25, 0.3) is 5.65 Å². The molecule has 29 heavy (non-hydrogen) atoms. The van der Waals surface area contributed by atoms with Gasteiger partial charge in [0.05, 0.1) is 19.8 Å². The number of quaternary nitrogens is 1. The van der Waals surface area contributed by atoms with E-state index in [1.54, 1.807) is 10.5 Å². The van der Waals surface area contributed by atoms with E-state index in [0.717, 1.165) is 48.7 Å². The Morgan fingerprint density at radius 3 is 2.86 bits per heavy atom. The zero-order valence-corrected chi connectivity index (χ0v) is 16.7. The normalized spacial score (nSPS) is 21.3. The van der Waals surface area contributed by atoms with Crippen LogP contribution in [0, 0.1) is 6.92 Å². The van der Waals surface area contributed by atoms with Gasteiger partial charge in [-0.3, -0.25) is 9.20 Å². The third-order valence-corrected chi connectivity index (χ3v) is 5.93. The van der Waals surface area contributed by atoms with Gasteiger partial charge in [0.1, 0.15) is 23.9 Å². The molecule has 0 radical (unpaired) electrons. The number of rotatable bonds is 3. The van der Waals surface area contributed by atoms with Crippen LogP contribution >= 0.6 is 0 Å². The highest BCUT2D eigenvalue weighted by Crippen LogP contribution is 2.33. The first-order chi connectivity index (χ1) is 14.2. The number of nitrogens with zero attached hydrogens (tertiary/aromatic N) is 2. The Labute approximate surface area is 169 Å². The van der Waals surface area contributed by atoms with Crippen LogP contribution in [0.2, 0.25) is 0 Å². The minimum atomic E-state index is -0.0144. The first-order valence-corrected chi connectivity index (χ1v) is 10.4. The molecule has 3 aromatic rings. The molecule has 2 aromatic heterocycles. The molecule has 5 rings (SSSR count). The Morgan fingerprint density at radius 2 is 1.97 bits per heavy atom. The van der Waals surface area contributed by atoms with Gasteiger partial charge in [0.25, 0.3) is 5.56 Å². The van der Waals surface area contributed by atoms with E-state index in [4.69, 9.17) is 14.5 Å². The standard InChI is InChI=1S/C23H25N3O3/c1-16-5-8-22-24-18(13-23(27)26(22)14-16)15-25-9-2-4-19(25)17-6-7-20-21(12-17)29-11-3-10-28-20/h5-8,12-14,19H,2-4,9-11,15H2,1H3/p+1/t19-/m1/s1. The number of aryl methyl sites for hydroxylation is 1. The summed E-state index contributed by atoms with van der Waals surface area (Å²) in [6.07, 6.45) is 5.05. The minimum Gasteiger partial charge on any atom is -0.490 e. The van der Waals surface area contributed by atoms with Crippen molar-refractivity contribution in [3.05, 3.63) is 69.8 Å². The van der Waals surface area contributed by atoms with Crippen molar-refractivity contribution in [1.82, 2.24) is 9.38 Å². The molecule has 2 aliphatic rings. The van der Waals surface area contributed by atoms with Crippen molar-refractivity contribution < 1.29 is 14.4 Å². The highest BCUT2D eigenvalue weighted by molar-refractivity contribution is 5.44. The van der Waals surface area contributed by atoms with Crippen LogP contribution in [0.5, 0.6) is 11.5 Å². The van der Waals surface area contributed by atoms with Crippen molar-refractivity contribution in [3.63, 3.8) is 0 Å². The van der Waals surface area contributed by atoms with Gasteiger partial charge in [0.15, 0.2) is 11.5 Å². The van der Waals surface area contributed by atoms with Crippen LogP contribution < -0.4 is 19.9 Å². The van der Waals surface area contributed by atoms with Crippen LogP contribution in [-0.4, -0.2) is 29.1 Å². The summed E-state index contributed by atoms with van der Waals surface area (Å²) in [5.74, 6) is 1.69. The number of likely N-dealkylation sites (tertiary alicyclic amines) is 1. The first-order valence-electron chi connectivity index (χ1n) is 10.4. The van der Waals surface area contributed by atoms with E-state index in [-0.39, 0.29) is 5.56 Å². The fraction of sp³-hybridized carbons (Fsp3) is 0.391. The summed E-state index contributed by atoms with van der Waals surface area (Å²) < 4.78 is 13.3. The zero-order valence-electron chi connectivity index (χ0n) is 16.7. The third kappa shape index (κ3) is 3.60. The van der Waals surface area contributed by atoms with Crippen molar-refractivity contribution in [2.45, 2.75) is 38.8 Å². The summed E-state index contributed by atoms with van der Waals surface area (Å²) in [7, 11) is 0. The lowest BCUT2D eigenvalue weighted by molar-refractivity contribution is -0.932. The third-order valence-electron chi connectivity index (χ3n) is 5.93. The second-order valence-corrected chi connectivity index (χ2v) is 8.06. The van der Waals surface area contributed by atoms with Crippen LogP contribution in [-0.2, 0) is 6.54 Å². The molecule has 2 aliphatic heterocycles. The van der Waals surface area contributed by atoms with Crippen LogP contribution in [0.4, 0.5) is 0 Å².